The molecule has 1 saturated heterocycles. The number of rotatable bonds is 6. The molecule has 0 radical (unpaired) electrons. The van der Waals surface area contributed by atoms with E-state index in [-0.39, 0.29) is 35.9 Å². The second kappa shape index (κ2) is 8.65. The number of carbonyl (C=O) groups is 1. The zero-order valence-corrected chi connectivity index (χ0v) is 14.5. The summed E-state index contributed by atoms with van der Waals surface area (Å²) in [6.07, 6.45) is 1.85. The molecule has 1 aromatic carbocycles. The topological polar surface area (TPSA) is 59.6 Å². The van der Waals surface area contributed by atoms with Gasteiger partial charge in [-0.15, -0.1) is 12.4 Å². The van der Waals surface area contributed by atoms with Crippen molar-refractivity contribution in [2.24, 2.45) is 5.92 Å². The molecule has 24 heavy (non-hydrogen) atoms. The first-order valence-electron chi connectivity index (χ1n) is 8.18. The summed E-state index contributed by atoms with van der Waals surface area (Å²) >= 11 is 0. The number of ether oxygens (including phenoxy) is 2. The molecule has 1 heterocycles. The summed E-state index contributed by atoms with van der Waals surface area (Å²) in [6, 6.07) is 4.55. The second-order valence-corrected chi connectivity index (χ2v) is 6.24. The SMILES string of the molecule is CC(NC(=O)C1CNCCO1)c1ccc(OCC2CC2)c(F)c1.Cl. The van der Waals surface area contributed by atoms with Crippen LogP contribution in [0, 0.1) is 11.7 Å². The molecule has 1 aliphatic heterocycles. The minimum atomic E-state index is -0.489. The van der Waals surface area contributed by atoms with E-state index in [9.17, 15) is 9.18 Å². The fourth-order valence-corrected chi connectivity index (χ4v) is 2.52. The van der Waals surface area contributed by atoms with E-state index in [1.54, 1.807) is 12.1 Å². The van der Waals surface area contributed by atoms with Crippen molar-refractivity contribution < 1.29 is 18.7 Å². The molecule has 7 heteroatoms. The molecule has 1 amide bonds. The van der Waals surface area contributed by atoms with Crippen LogP contribution in [0.15, 0.2) is 18.2 Å². The molecule has 1 saturated carbocycles. The van der Waals surface area contributed by atoms with Gasteiger partial charge in [-0.25, -0.2) is 4.39 Å². The number of nitrogens with one attached hydrogen (secondary N) is 2. The standard InChI is InChI=1S/C17H23FN2O3.ClH/c1-11(20-17(21)16-9-19-6-7-22-16)13-4-5-15(14(18)8-13)23-10-12-2-3-12;/h4-5,8,11-12,16,19H,2-3,6-7,9-10H2,1H3,(H,20,21);1H. The largest absolute Gasteiger partial charge is 0.490 e. The van der Waals surface area contributed by atoms with Gasteiger partial charge < -0.3 is 20.1 Å². The van der Waals surface area contributed by atoms with E-state index in [4.69, 9.17) is 9.47 Å². The van der Waals surface area contributed by atoms with Crippen molar-refractivity contribution in [3.63, 3.8) is 0 Å². The highest BCUT2D eigenvalue weighted by atomic mass is 35.5. The predicted molar refractivity (Wildman–Crippen MR) is 91.0 cm³/mol. The molecule has 2 unspecified atom stereocenters. The highest BCUT2D eigenvalue weighted by Gasteiger charge is 2.24. The third-order valence-electron chi connectivity index (χ3n) is 4.21. The average Bonchev–Trinajstić information content (AvgIpc) is 3.38. The van der Waals surface area contributed by atoms with Gasteiger partial charge in [-0.1, -0.05) is 6.07 Å². The van der Waals surface area contributed by atoms with E-state index in [2.05, 4.69) is 10.6 Å². The zero-order chi connectivity index (χ0) is 16.2. The first-order chi connectivity index (χ1) is 11.1. The maximum atomic E-state index is 14.1. The summed E-state index contributed by atoms with van der Waals surface area (Å²) in [4.78, 5) is 12.1. The van der Waals surface area contributed by atoms with Crippen molar-refractivity contribution in [3.05, 3.63) is 29.6 Å². The zero-order valence-electron chi connectivity index (χ0n) is 13.7. The molecular formula is C17H24ClFN2O3. The molecule has 1 aromatic rings. The van der Waals surface area contributed by atoms with E-state index >= 15 is 0 Å². The Morgan fingerprint density at radius 2 is 2.29 bits per heavy atom. The van der Waals surface area contributed by atoms with Gasteiger partial charge in [-0.2, -0.15) is 0 Å². The summed E-state index contributed by atoms with van der Waals surface area (Å²) in [5.41, 5.74) is 0.707. The fraction of sp³-hybridized carbons (Fsp3) is 0.588. The number of halogens is 2. The van der Waals surface area contributed by atoms with Crippen LogP contribution in [0.3, 0.4) is 0 Å². The highest BCUT2D eigenvalue weighted by Crippen LogP contribution is 2.30. The lowest BCUT2D eigenvalue weighted by Gasteiger charge is -2.24. The Labute approximate surface area is 147 Å². The molecule has 3 rings (SSSR count). The number of carbonyl (C=O) groups excluding carboxylic acids is 1. The van der Waals surface area contributed by atoms with Gasteiger partial charge in [0, 0.05) is 13.1 Å². The Balaban J connectivity index is 0.00000208. The Bertz CT molecular complexity index is 563. The number of hydrogen-bond donors (Lipinski definition) is 2. The number of amides is 1. The van der Waals surface area contributed by atoms with Gasteiger partial charge in [0.15, 0.2) is 11.6 Å². The van der Waals surface area contributed by atoms with Gasteiger partial charge in [0.1, 0.15) is 6.10 Å². The van der Waals surface area contributed by atoms with Crippen molar-refractivity contribution in [1.82, 2.24) is 10.6 Å². The van der Waals surface area contributed by atoms with Crippen LogP contribution in [0.1, 0.15) is 31.4 Å². The monoisotopic (exact) mass is 358 g/mol. The minimum absolute atomic E-state index is 0. The van der Waals surface area contributed by atoms with Crippen molar-refractivity contribution in [2.75, 3.05) is 26.3 Å². The average molecular weight is 359 g/mol. The van der Waals surface area contributed by atoms with Crippen LogP contribution in [0.5, 0.6) is 5.75 Å². The van der Waals surface area contributed by atoms with Gasteiger partial charge in [-0.3, -0.25) is 4.79 Å². The molecule has 1 aliphatic carbocycles. The van der Waals surface area contributed by atoms with Crippen LogP contribution in [0.4, 0.5) is 4.39 Å². The minimum Gasteiger partial charge on any atom is -0.490 e. The molecule has 2 N–H and O–H groups in total. The summed E-state index contributed by atoms with van der Waals surface area (Å²) in [6.45, 7) is 4.18. The van der Waals surface area contributed by atoms with Gasteiger partial charge >= 0.3 is 0 Å². The molecule has 2 fully saturated rings. The maximum absolute atomic E-state index is 14.1. The molecule has 0 spiro atoms. The van der Waals surface area contributed by atoms with Crippen molar-refractivity contribution in [3.8, 4) is 5.75 Å². The van der Waals surface area contributed by atoms with Crippen LogP contribution in [-0.4, -0.2) is 38.3 Å². The van der Waals surface area contributed by atoms with Gasteiger partial charge in [0.05, 0.1) is 19.3 Å². The lowest BCUT2D eigenvalue weighted by molar-refractivity contribution is -0.134. The van der Waals surface area contributed by atoms with Gasteiger partial charge in [0.2, 0.25) is 0 Å². The van der Waals surface area contributed by atoms with Crippen LogP contribution in [-0.2, 0) is 9.53 Å². The fourth-order valence-electron chi connectivity index (χ4n) is 2.52. The molecule has 5 nitrogen and oxygen atoms in total. The Hall–Kier alpha value is -1.37. The van der Waals surface area contributed by atoms with E-state index in [0.29, 0.717) is 31.2 Å². The number of morpholine rings is 1. The lowest BCUT2D eigenvalue weighted by atomic mass is 10.1. The Morgan fingerprint density at radius 1 is 1.50 bits per heavy atom. The van der Waals surface area contributed by atoms with Crippen molar-refractivity contribution >= 4 is 18.3 Å². The second-order valence-electron chi connectivity index (χ2n) is 6.24. The van der Waals surface area contributed by atoms with Crippen LogP contribution >= 0.6 is 12.4 Å². The molecule has 0 bridgehead atoms. The third kappa shape index (κ3) is 5.06. The molecule has 2 atom stereocenters. The highest BCUT2D eigenvalue weighted by molar-refractivity contribution is 5.85. The number of hydrogen-bond acceptors (Lipinski definition) is 4. The van der Waals surface area contributed by atoms with Crippen LogP contribution in [0.2, 0.25) is 0 Å². The molecule has 0 aromatic heterocycles. The normalized spacial score (nSPS) is 21.5. The Morgan fingerprint density at radius 3 is 2.92 bits per heavy atom. The maximum Gasteiger partial charge on any atom is 0.250 e. The van der Waals surface area contributed by atoms with Crippen molar-refractivity contribution in [2.45, 2.75) is 31.9 Å². The third-order valence-corrected chi connectivity index (χ3v) is 4.21. The summed E-state index contributed by atoms with van der Waals surface area (Å²) in [7, 11) is 0. The molecular weight excluding hydrogens is 335 g/mol. The lowest BCUT2D eigenvalue weighted by Crippen LogP contribution is -2.48. The predicted octanol–water partition coefficient (Wildman–Crippen LogP) is 2.20. The quantitative estimate of drug-likeness (QED) is 0.818. The summed E-state index contributed by atoms with van der Waals surface area (Å²) < 4.78 is 25.0. The van der Waals surface area contributed by atoms with E-state index in [0.717, 1.165) is 6.54 Å². The van der Waals surface area contributed by atoms with Gasteiger partial charge in [0.25, 0.3) is 5.91 Å². The summed E-state index contributed by atoms with van der Waals surface area (Å²) in [5, 5.41) is 5.97. The first-order valence-corrected chi connectivity index (χ1v) is 8.18. The van der Waals surface area contributed by atoms with E-state index < -0.39 is 6.10 Å². The van der Waals surface area contributed by atoms with Gasteiger partial charge in [-0.05, 0) is 43.4 Å². The molecule has 2 aliphatic rings. The summed E-state index contributed by atoms with van der Waals surface area (Å²) in [5.74, 6) is 0.286. The van der Waals surface area contributed by atoms with Crippen LogP contribution < -0.4 is 15.4 Å². The Kier molecular flexibility index (Phi) is 6.83. The molecule has 134 valence electrons. The van der Waals surface area contributed by atoms with Crippen LogP contribution in [0.25, 0.3) is 0 Å². The van der Waals surface area contributed by atoms with E-state index in [1.807, 2.05) is 6.92 Å². The number of benzene rings is 1. The van der Waals surface area contributed by atoms with E-state index in [1.165, 1.54) is 18.9 Å². The van der Waals surface area contributed by atoms with Crippen molar-refractivity contribution in [1.29, 1.82) is 0 Å². The first kappa shape index (κ1) is 19.0. The smallest absolute Gasteiger partial charge is 0.250 e.